The Bertz CT molecular complexity index is 1320. The van der Waals surface area contributed by atoms with Crippen molar-refractivity contribution in [1.29, 1.82) is 0 Å². The zero-order valence-corrected chi connectivity index (χ0v) is 19.2. The standard InChI is InChI=1S/C27H29N7/c1-2-12-28-23(3-1)21-6-4-19(5-7-21)16-29-24-15-25(33-14-13-30-27(18-33)10-11-27)32-26-22(20-8-9-20)17-31-34(24)26/h1-7,12,15,17,20,29-30H,8-11,13-14,16,18H2. The van der Waals surface area contributed by atoms with E-state index in [1.807, 2.05) is 35.1 Å². The van der Waals surface area contributed by atoms with Gasteiger partial charge in [-0.3, -0.25) is 4.98 Å². The minimum Gasteiger partial charge on any atom is -0.366 e. The molecule has 1 spiro atoms. The first kappa shape index (κ1) is 20.0. The molecule has 4 heterocycles. The third kappa shape index (κ3) is 3.70. The number of hydrogen-bond donors (Lipinski definition) is 2. The van der Waals surface area contributed by atoms with Crippen LogP contribution < -0.4 is 15.5 Å². The molecular weight excluding hydrogens is 422 g/mol. The van der Waals surface area contributed by atoms with Gasteiger partial charge < -0.3 is 15.5 Å². The highest BCUT2D eigenvalue weighted by atomic mass is 15.3. The number of pyridine rings is 1. The molecule has 4 aromatic rings. The summed E-state index contributed by atoms with van der Waals surface area (Å²) in [6.07, 6.45) is 8.89. The number of rotatable bonds is 6. The van der Waals surface area contributed by atoms with Gasteiger partial charge in [0.1, 0.15) is 11.6 Å². The second-order valence-electron chi connectivity index (χ2n) is 10.0. The Balaban J connectivity index is 1.17. The van der Waals surface area contributed by atoms with Gasteiger partial charge in [-0.25, -0.2) is 4.98 Å². The number of benzene rings is 1. The fraction of sp³-hybridized carbons (Fsp3) is 0.370. The van der Waals surface area contributed by atoms with Gasteiger partial charge in [-0.15, -0.1) is 0 Å². The molecule has 3 fully saturated rings. The van der Waals surface area contributed by atoms with E-state index < -0.39 is 0 Å². The molecule has 2 saturated carbocycles. The van der Waals surface area contributed by atoms with Gasteiger partial charge >= 0.3 is 0 Å². The highest BCUT2D eigenvalue weighted by Crippen LogP contribution is 2.43. The number of fused-ring (bicyclic) bond motifs is 1. The van der Waals surface area contributed by atoms with Gasteiger partial charge in [-0.1, -0.05) is 30.3 Å². The summed E-state index contributed by atoms with van der Waals surface area (Å²) in [7, 11) is 0. The van der Waals surface area contributed by atoms with Crippen molar-refractivity contribution in [3.05, 3.63) is 72.1 Å². The Morgan fingerprint density at radius 1 is 1.09 bits per heavy atom. The molecule has 2 N–H and O–H groups in total. The first-order chi connectivity index (χ1) is 16.8. The first-order valence-electron chi connectivity index (χ1n) is 12.4. The fourth-order valence-corrected chi connectivity index (χ4v) is 5.09. The molecule has 1 aromatic carbocycles. The van der Waals surface area contributed by atoms with Gasteiger partial charge in [0.2, 0.25) is 0 Å². The molecule has 0 bridgehead atoms. The van der Waals surface area contributed by atoms with Crippen molar-refractivity contribution in [3.63, 3.8) is 0 Å². The summed E-state index contributed by atoms with van der Waals surface area (Å²) >= 11 is 0. The van der Waals surface area contributed by atoms with Crippen molar-refractivity contribution >= 4 is 17.3 Å². The first-order valence-corrected chi connectivity index (χ1v) is 12.4. The molecule has 7 rings (SSSR count). The monoisotopic (exact) mass is 451 g/mol. The SMILES string of the molecule is c1ccc(-c2ccc(CNc3cc(N4CCNC5(CC5)C4)nc4c(C5CC5)cnn34)cc2)nc1. The van der Waals surface area contributed by atoms with Crippen molar-refractivity contribution in [3.8, 4) is 11.3 Å². The van der Waals surface area contributed by atoms with Crippen LogP contribution in [-0.4, -0.2) is 44.8 Å². The van der Waals surface area contributed by atoms with E-state index in [0.29, 0.717) is 11.5 Å². The van der Waals surface area contributed by atoms with Gasteiger partial charge in [0.15, 0.2) is 5.65 Å². The van der Waals surface area contributed by atoms with Crippen molar-refractivity contribution in [2.75, 3.05) is 29.9 Å². The van der Waals surface area contributed by atoms with Gasteiger partial charge in [0, 0.05) is 55.1 Å². The lowest BCUT2D eigenvalue weighted by molar-refractivity contribution is 0.440. The van der Waals surface area contributed by atoms with Crippen LogP contribution in [0.3, 0.4) is 0 Å². The molecule has 3 aromatic heterocycles. The van der Waals surface area contributed by atoms with Crippen molar-refractivity contribution in [2.24, 2.45) is 0 Å². The Kier molecular flexibility index (Phi) is 4.58. The van der Waals surface area contributed by atoms with Crippen LogP contribution in [0.25, 0.3) is 16.9 Å². The Morgan fingerprint density at radius 3 is 2.74 bits per heavy atom. The van der Waals surface area contributed by atoms with Crippen LogP contribution in [0, 0.1) is 0 Å². The van der Waals surface area contributed by atoms with Crippen molar-refractivity contribution in [2.45, 2.75) is 43.7 Å². The molecule has 1 saturated heterocycles. The van der Waals surface area contributed by atoms with Crippen LogP contribution in [0.4, 0.5) is 11.6 Å². The predicted molar refractivity (Wildman–Crippen MR) is 134 cm³/mol. The van der Waals surface area contributed by atoms with E-state index >= 15 is 0 Å². The summed E-state index contributed by atoms with van der Waals surface area (Å²) < 4.78 is 1.99. The second kappa shape index (κ2) is 7.81. The molecule has 0 radical (unpaired) electrons. The smallest absolute Gasteiger partial charge is 0.163 e. The summed E-state index contributed by atoms with van der Waals surface area (Å²) in [5.74, 6) is 2.68. The minimum absolute atomic E-state index is 0.314. The molecule has 34 heavy (non-hydrogen) atoms. The molecule has 172 valence electrons. The molecule has 3 aliphatic rings. The highest BCUT2D eigenvalue weighted by molar-refractivity contribution is 5.63. The average Bonchev–Trinajstić information content (AvgIpc) is 3.83. The van der Waals surface area contributed by atoms with Crippen LogP contribution in [0.5, 0.6) is 0 Å². The second-order valence-corrected chi connectivity index (χ2v) is 10.0. The highest BCUT2D eigenvalue weighted by Gasteiger charge is 2.45. The normalized spacial score (nSPS) is 19.0. The number of piperazine rings is 1. The van der Waals surface area contributed by atoms with Crippen molar-refractivity contribution < 1.29 is 0 Å². The third-order valence-corrected chi connectivity index (χ3v) is 7.44. The Hall–Kier alpha value is -3.45. The van der Waals surface area contributed by atoms with Gasteiger partial charge in [-0.05, 0) is 49.3 Å². The van der Waals surface area contributed by atoms with E-state index in [4.69, 9.17) is 10.1 Å². The largest absolute Gasteiger partial charge is 0.366 e. The molecule has 2 aliphatic carbocycles. The van der Waals surface area contributed by atoms with Gasteiger partial charge in [0.25, 0.3) is 0 Å². The Labute approximate surface area is 199 Å². The lowest BCUT2D eigenvalue weighted by Crippen LogP contribution is -2.52. The Morgan fingerprint density at radius 2 is 1.97 bits per heavy atom. The molecule has 0 unspecified atom stereocenters. The third-order valence-electron chi connectivity index (χ3n) is 7.44. The zero-order valence-electron chi connectivity index (χ0n) is 19.2. The summed E-state index contributed by atoms with van der Waals surface area (Å²) in [5, 5.41) is 12.1. The molecule has 0 amide bonds. The lowest BCUT2D eigenvalue weighted by atomic mass is 10.1. The van der Waals surface area contributed by atoms with Crippen LogP contribution in [0.15, 0.2) is 60.9 Å². The quantitative estimate of drug-likeness (QED) is 0.457. The van der Waals surface area contributed by atoms with Crippen molar-refractivity contribution in [1.82, 2.24) is 24.9 Å². The molecular formula is C27H29N7. The van der Waals surface area contributed by atoms with Gasteiger partial charge in [0.05, 0.1) is 11.9 Å². The van der Waals surface area contributed by atoms with E-state index in [-0.39, 0.29) is 0 Å². The number of hydrogen-bond acceptors (Lipinski definition) is 6. The van der Waals surface area contributed by atoms with Crippen LogP contribution in [0.2, 0.25) is 0 Å². The number of aromatic nitrogens is 4. The lowest BCUT2D eigenvalue weighted by Gasteiger charge is -2.35. The molecule has 1 aliphatic heterocycles. The van der Waals surface area contributed by atoms with E-state index in [9.17, 15) is 0 Å². The predicted octanol–water partition coefficient (Wildman–Crippen LogP) is 4.22. The number of anilines is 2. The summed E-state index contributed by atoms with van der Waals surface area (Å²) in [6, 6.07) is 16.8. The molecule has 7 heteroatoms. The van der Waals surface area contributed by atoms with Crippen LogP contribution >= 0.6 is 0 Å². The summed E-state index contributed by atoms with van der Waals surface area (Å²) in [4.78, 5) is 12.0. The fourth-order valence-electron chi connectivity index (χ4n) is 5.09. The minimum atomic E-state index is 0.314. The number of nitrogens with zero attached hydrogens (tertiary/aromatic N) is 5. The van der Waals surface area contributed by atoms with Crippen LogP contribution in [-0.2, 0) is 6.54 Å². The maximum absolute atomic E-state index is 5.13. The average molecular weight is 452 g/mol. The summed E-state index contributed by atoms with van der Waals surface area (Å²) in [6.45, 7) is 3.78. The van der Waals surface area contributed by atoms with E-state index in [0.717, 1.165) is 54.7 Å². The number of nitrogens with one attached hydrogen (secondary N) is 2. The maximum Gasteiger partial charge on any atom is 0.163 e. The van der Waals surface area contributed by atoms with Gasteiger partial charge in [-0.2, -0.15) is 9.61 Å². The van der Waals surface area contributed by atoms with E-state index in [2.05, 4.69) is 50.8 Å². The molecule has 0 atom stereocenters. The topological polar surface area (TPSA) is 70.4 Å². The summed E-state index contributed by atoms with van der Waals surface area (Å²) in [5.41, 5.74) is 5.97. The maximum atomic E-state index is 5.13. The zero-order chi connectivity index (χ0) is 22.5. The van der Waals surface area contributed by atoms with E-state index in [1.54, 1.807) is 0 Å². The van der Waals surface area contributed by atoms with E-state index in [1.165, 1.54) is 36.8 Å². The van der Waals surface area contributed by atoms with Crippen LogP contribution in [0.1, 0.15) is 42.7 Å². The molecule has 7 nitrogen and oxygen atoms in total.